The van der Waals surface area contributed by atoms with Crippen molar-refractivity contribution < 1.29 is 14.3 Å². The number of nitrogens with zero attached hydrogens (tertiary/aromatic N) is 2. The van der Waals surface area contributed by atoms with Crippen LogP contribution in [0.15, 0.2) is 46.6 Å². The lowest BCUT2D eigenvalue weighted by atomic mass is 9.99. The molecule has 0 spiro atoms. The zero-order valence-corrected chi connectivity index (χ0v) is 19.9. The molecule has 0 atom stereocenters. The minimum atomic E-state index is -0.257. The van der Waals surface area contributed by atoms with Gasteiger partial charge in [-0.3, -0.25) is 10.1 Å². The molecule has 4 rings (SSSR count). The summed E-state index contributed by atoms with van der Waals surface area (Å²) in [6.45, 7) is 6.60. The summed E-state index contributed by atoms with van der Waals surface area (Å²) in [5, 5.41) is 7.32. The Balaban J connectivity index is 1.48. The molecule has 2 heterocycles. The number of carbonyl (C=O) groups is 1. The summed E-state index contributed by atoms with van der Waals surface area (Å²) < 4.78 is 11.2. The lowest BCUT2D eigenvalue weighted by Gasteiger charge is -2.11. The normalized spacial score (nSPS) is 10.8. The van der Waals surface area contributed by atoms with E-state index in [0.717, 1.165) is 22.5 Å². The van der Waals surface area contributed by atoms with E-state index < -0.39 is 0 Å². The third-order valence-corrected chi connectivity index (χ3v) is 6.52. The molecule has 32 heavy (non-hydrogen) atoms. The Bertz CT molecular complexity index is 1250. The van der Waals surface area contributed by atoms with Crippen LogP contribution in [0.1, 0.15) is 32.7 Å². The third-order valence-electron chi connectivity index (χ3n) is 5.13. The zero-order chi connectivity index (χ0) is 22.7. The molecular formula is C24H23N3O3S2. The van der Waals surface area contributed by atoms with Crippen LogP contribution in [0.4, 0.5) is 5.13 Å². The second kappa shape index (κ2) is 9.50. The number of ether oxygens (including phenoxy) is 2. The fraction of sp³-hybridized carbons (Fsp3) is 0.208. The van der Waals surface area contributed by atoms with Crippen LogP contribution in [0, 0.1) is 20.8 Å². The van der Waals surface area contributed by atoms with E-state index >= 15 is 0 Å². The Morgan fingerprint density at radius 1 is 1.03 bits per heavy atom. The first-order chi connectivity index (χ1) is 15.4. The van der Waals surface area contributed by atoms with Gasteiger partial charge in [-0.15, -0.1) is 22.7 Å². The number of hydrogen-bond acceptors (Lipinski definition) is 7. The average Bonchev–Trinajstić information content (AvgIpc) is 3.47. The Hall–Kier alpha value is -3.23. The Morgan fingerprint density at radius 3 is 2.59 bits per heavy atom. The van der Waals surface area contributed by atoms with Crippen LogP contribution < -0.4 is 14.8 Å². The number of thiazole rings is 2. The number of rotatable bonds is 7. The van der Waals surface area contributed by atoms with E-state index in [-0.39, 0.29) is 5.91 Å². The van der Waals surface area contributed by atoms with E-state index in [1.165, 1.54) is 33.8 Å². The number of aromatic nitrogens is 2. The summed E-state index contributed by atoms with van der Waals surface area (Å²) in [6.07, 6.45) is 0. The molecule has 1 N–H and O–H groups in total. The van der Waals surface area contributed by atoms with Crippen molar-refractivity contribution in [1.82, 2.24) is 9.97 Å². The number of methoxy groups -OCH3 is 1. The van der Waals surface area contributed by atoms with Crippen molar-refractivity contribution in [2.24, 2.45) is 0 Å². The molecule has 0 saturated heterocycles. The molecule has 0 aliphatic rings. The fourth-order valence-corrected chi connectivity index (χ4v) is 4.50. The second-order valence-electron chi connectivity index (χ2n) is 7.38. The monoisotopic (exact) mass is 465 g/mol. The number of anilines is 1. The van der Waals surface area contributed by atoms with E-state index in [4.69, 9.17) is 9.47 Å². The molecular weight excluding hydrogens is 442 g/mol. The molecule has 0 aliphatic heterocycles. The first-order valence-electron chi connectivity index (χ1n) is 9.97. The lowest BCUT2D eigenvalue weighted by molar-refractivity contribution is 0.102. The number of carbonyl (C=O) groups excluding carboxylic acids is 1. The molecule has 0 radical (unpaired) electrons. The van der Waals surface area contributed by atoms with Gasteiger partial charge in [0.1, 0.15) is 6.61 Å². The summed E-state index contributed by atoms with van der Waals surface area (Å²) in [7, 11) is 1.55. The molecule has 8 heteroatoms. The second-order valence-corrected chi connectivity index (χ2v) is 8.95. The highest BCUT2D eigenvalue weighted by atomic mass is 32.1. The van der Waals surface area contributed by atoms with Gasteiger partial charge in [0, 0.05) is 21.9 Å². The highest BCUT2D eigenvalue weighted by Gasteiger charge is 2.15. The summed E-state index contributed by atoms with van der Waals surface area (Å²) in [4.78, 5) is 21.6. The zero-order valence-electron chi connectivity index (χ0n) is 18.3. The van der Waals surface area contributed by atoms with Gasteiger partial charge in [0.15, 0.2) is 16.6 Å². The van der Waals surface area contributed by atoms with Crippen molar-refractivity contribution in [3.8, 4) is 22.8 Å². The maximum Gasteiger partial charge on any atom is 0.257 e. The first-order valence-corrected chi connectivity index (χ1v) is 11.8. The molecule has 0 fully saturated rings. The van der Waals surface area contributed by atoms with Crippen molar-refractivity contribution in [1.29, 1.82) is 0 Å². The van der Waals surface area contributed by atoms with Gasteiger partial charge in [-0.2, -0.15) is 0 Å². The highest BCUT2D eigenvalue weighted by Crippen LogP contribution is 2.31. The maximum atomic E-state index is 12.8. The molecule has 6 nitrogen and oxygen atoms in total. The first kappa shape index (κ1) is 22.0. The third kappa shape index (κ3) is 4.81. The number of nitrogens with one attached hydrogen (secondary N) is 1. The molecule has 2 aromatic carbocycles. The predicted molar refractivity (Wildman–Crippen MR) is 129 cm³/mol. The van der Waals surface area contributed by atoms with Crippen LogP contribution in [-0.2, 0) is 6.61 Å². The van der Waals surface area contributed by atoms with Gasteiger partial charge in [-0.05, 0) is 61.7 Å². The topological polar surface area (TPSA) is 73.3 Å². The smallest absolute Gasteiger partial charge is 0.257 e. The molecule has 1 amide bonds. The van der Waals surface area contributed by atoms with Gasteiger partial charge in [0.25, 0.3) is 5.91 Å². The lowest BCUT2D eigenvalue weighted by Crippen LogP contribution is -2.12. The van der Waals surface area contributed by atoms with Gasteiger partial charge < -0.3 is 9.47 Å². The Labute approximate surface area is 194 Å². The van der Waals surface area contributed by atoms with Crippen molar-refractivity contribution in [3.05, 3.63) is 74.6 Å². The molecule has 2 aromatic heterocycles. The van der Waals surface area contributed by atoms with E-state index in [9.17, 15) is 4.79 Å². The van der Waals surface area contributed by atoms with Gasteiger partial charge >= 0.3 is 0 Å². The van der Waals surface area contributed by atoms with Crippen LogP contribution in [0.25, 0.3) is 11.3 Å². The van der Waals surface area contributed by atoms with E-state index in [0.29, 0.717) is 28.8 Å². The van der Waals surface area contributed by atoms with Crippen molar-refractivity contribution in [2.75, 3.05) is 12.4 Å². The molecule has 4 aromatic rings. The molecule has 0 saturated carbocycles. The van der Waals surface area contributed by atoms with Crippen molar-refractivity contribution in [3.63, 3.8) is 0 Å². The Morgan fingerprint density at radius 2 is 1.84 bits per heavy atom. The van der Waals surface area contributed by atoms with Gasteiger partial charge in [0.05, 0.1) is 24.0 Å². The van der Waals surface area contributed by atoms with Gasteiger partial charge in [-0.25, -0.2) is 9.97 Å². The number of hydrogen-bond donors (Lipinski definition) is 1. The summed E-state index contributed by atoms with van der Waals surface area (Å²) in [5.74, 6) is 0.782. The van der Waals surface area contributed by atoms with Crippen LogP contribution in [0.5, 0.6) is 11.5 Å². The SMILES string of the molecule is COc1cc(C(=O)Nc2nc(-c3cc(C)c(C)cc3C)cs2)ccc1OCc1cscn1. The van der Waals surface area contributed by atoms with Crippen molar-refractivity contribution in [2.45, 2.75) is 27.4 Å². The Kier molecular flexibility index (Phi) is 6.53. The van der Waals surface area contributed by atoms with E-state index in [1.54, 1.807) is 30.8 Å². The highest BCUT2D eigenvalue weighted by molar-refractivity contribution is 7.14. The van der Waals surface area contributed by atoms with Crippen LogP contribution in [0.2, 0.25) is 0 Å². The molecule has 0 unspecified atom stereocenters. The maximum absolute atomic E-state index is 12.8. The average molecular weight is 466 g/mol. The van der Waals surface area contributed by atoms with Crippen LogP contribution in [-0.4, -0.2) is 23.0 Å². The summed E-state index contributed by atoms with van der Waals surface area (Å²) in [6, 6.07) is 9.39. The molecule has 164 valence electrons. The largest absolute Gasteiger partial charge is 0.493 e. The van der Waals surface area contributed by atoms with E-state index in [2.05, 4.69) is 48.2 Å². The number of benzene rings is 2. The van der Waals surface area contributed by atoms with E-state index in [1.807, 2.05) is 10.8 Å². The summed E-state index contributed by atoms with van der Waals surface area (Å²) >= 11 is 2.91. The number of aryl methyl sites for hydroxylation is 3. The van der Waals surface area contributed by atoms with Crippen LogP contribution >= 0.6 is 22.7 Å². The van der Waals surface area contributed by atoms with Gasteiger partial charge in [-0.1, -0.05) is 6.07 Å². The van der Waals surface area contributed by atoms with Gasteiger partial charge in [0.2, 0.25) is 0 Å². The molecule has 0 bridgehead atoms. The minimum Gasteiger partial charge on any atom is -0.493 e. The predicted octanol–water partition coefficient (Wildman–Crippen LogP) is 6.03. The standard InChI is InChI=1S/C24H23N3O3S2/c1-14-7-16(3)19(8-15(14)2)20-12-32-24(26-20)27-23(28)17-5-6-21(22(9-17)29-4)30-10-18-11-31-13-25-18/h5-9,11-13H,10H2,1-4H3,(H,26,27,28). The van der Waals surface area contributed by atoms with Crippen LogP contribution in [0.3, 0.4) is 0 Å². The quantitative estimate of drug-likeness (QED) is 0.361. The fourth-order valence-electron chi connectivity index (χ4n) is 3.25. The number of amides is 1. The van der Waals surface area contributed by atoms with Crippen molar-refractivity contribution >= 4 is 33.7 Å². The molecule has 0 aliphatic carbocycles. The summed E-state index contributed by atoms with van der Waals surface area (Å²) in [5.41, 5.74) is 8.63. The minimum absolute atomic E-state index is 0.257.